The molecule has 5 heteroatoms. The van der Waals surface area contributed by atoms with Gasteiger partial charge in [-0.3, -0.25) is 9.59 Å². The average Bonchev–Trinajstić information content (AvgIpc) is 2.32. The Balaban J connectivity index is 0.000000155. The standard InChI is InChI=1S/C10H16O.C6H10O4/c11-10-4-7-1-8(5-10)3-9(2-7)6-10;1-2-3-4(5(7)8)6(9)10/h7-9,11H,1-6H2;4H,2-3H2,1H3,(H,7,8)(H,9,10). The van der Waals surface area contributed by atoms with Crippen LogP contribution in [0.25, 0.3) is 0 Å². The van der Waals surface area contributed by atoms with Crippen molar-refractivity contribution in [3.63, 3.8) is 0 Å². The fourth-order valence-electron chi connectivity index (χ4n) is 4.71. The zero-order valence-electron chi connectivity index (χ0n) is 12.6. The van der Waals surface area contributed by atoms with E-state index < -0.39 is 17.9 Å². The van der Waals surface area contributed by atoms with Crippen molar-refractivity contribution in [2.45, 2.75) is 63.9 Å². The van der Waals surface area contributed by atoms with Crippen LogP contribution in [0.15, 0.2) is 0 Å². The molecule has 0 amide bonds. The lowest BCUT2D eigenvalue weighted by Crippen LogP contribution is -2.50. The number of carboxylic acid groups (broad SMARTS) is 2. The smallest absolute Gasteiger partial charge is 0.317 e. The molecule has 5 nitrogen and oxygen atoms in total. The Labute approximate surface area is 125 Å². The SMILES string of the molecule is CCCC(C(=O)O)C(=O)O.OC12CC3CC(CC(C3)C1)C2. The quantitative estimate of drug-likeness (QED) is 0.693. The van der Waals surface area contributed by atoms with Crippen LogP contribution in [0, 0.1) is 23.7 Å². The monoisotopic (exact) mass is 298 g/mol. The molecule has 4 aliphatic rings. The molecule has 0 atom stereocenters. The fraction of sp³-hybridized carbons (Fsp3) is 0.875. The molecule has 0 aromatic rings. The summed E-state index contributed by atoms with van der Waals surface area (Å²) in [4.78, 5) is 20.3. The summed E-state index contributed by atoms with van der Waals surface area (Å²) in [6.07, 6.45) is 8.43. The van der Waals surface area contributed by atoms with Crippen LogP contribution in [0.5, 0.6) is 0 Å². The van der Waals surface area contributed by atoms with Crippen molar-refractivity contribution >= 4 is 11.9 Å². The van der Waals surface area contributed by atoms with Gasteiger partial charge in [0.05, 0.1) is 5.60 Å². The number of aliphatic hydroxyl groups is 1. The van der Waals surface area contributed by atoms with Crippen molar-refractivity contribution in [3.8, 4) is 0 Å². The molecule has 4 saturated carbocycles. The molecule has 3 N–H and O–H groups in total. The second kappa shape index (κ2) is 6.34. The lowest BCUT2D eigenvalue weighted by molar-refractivity contribution is -0.154. The van der Waals surface area contributed by atoms with Gasteiger partial charge in [-0.15, -0.1) is 0 Å². The zero-order chi connectivity index (χ0) is 15.6. The van der Waals surface area contributed by atoms with Crippen molar-refractivity contribution in [1.82, 2.24) is 0 Å². The third kappa shape index (κ3) is 3.96. The van der Waals surface area contributed by atoms with E-state index in [-0.39, 0.29) is 12.0 Å². The summed E-state index contributed by atoms with van der Waals surface area (Å²) in [5.41, 5.74) is -0.200. The molecule has 0 aromatic heterocycles. The van der Waals surface area contributed by atoms with Crippen LogP contribution in [-0.4, -0.2) is 32.9 Å². The molecule has 120 valence electrons. The molecule has 4 bridgehead atoms. The number of hydrogen-bond donors (Lipinski definition) is 3. The van der Waals surface area contributed by atoms with Gasteiger partial charge >= 0.3 is 11.9 Å². The van der Waals surface area contributed by atoms with Crippen LogP contribution in [0.3, 0.4) is 0 Å². The number of aliphatic carboxylic acids is 2. The highest BCUT2D eigenvalue weighted by molar-refractivity contribution is 5.92. The second-order valence-corrected chi connectivity index (χ2v) is 7.16. The van der Waals surface area contributed by atoms with E-state index in [4.69, 9.17) is 10.2 Å². The van der Waals surface area contributed by atoms with Crippen molar-refractivity contribution in [1.29, 1.82) is 0 Å². The van der Waals surface area contributed by atoms with Gasteiger partial charge in [0.25, 0.3) is 0 Å². The Kier molecular flexibility index (Phi) is 4.91. The molecule has 4 rings (SSSR count). The molecule has 4 aliphatic carbocycles. The first-order valence-electron chi connectivity index (χ1n) is 8.01. The van der Waals surface area contributed by atoms with E-state index in [1.807, 2.05) is 0 Å². The van der Waals surface area contributed by atoms with Crippen LogP contribution in [0.2, 0.25) is 0 Å². The summed E-state index contributed by atoms with van der Waals surface area (Å²) in [6, 6.07) is 0. The molecule has 0 radical (unpaired) electrons. The van der Waals surface area contributed by atoms with Gasteiger partial charge in [-0.05, 0) is 62.7 Å². The summed E-state index contributed by atoms with van der Waals surface area (Å²) in [5.74, 6) is -1.06. The van der Waals surface area contributed by atoms with Gasteiger partial charge in [-0.1, -0.05) is 13.3 Å². The van der Waals surface area contributed by atoms with Crippen LogP contribution >= 0.6 is 0 Å². The fourth-order valence-corrected chi connectivity index (χ4v) is 4.71. The largest absolute Gasteiger partial charge is 0.481 e. The number of carbonyl (C=O) groups is 2. The minimum absolute atomic E-state index is 0.199. The van der Waals surface area contributed by atoms with Gasteiger partial charge in [-0.25, -0.2) is 0 Å². The minimum Gasteiger partial charge on any atom is -0.481 e. The Hall–Kier alpha value is -1.10. The van der Waals surface area contributed by atoms with Crippen molar-refractivity contribution in [3.05, 3.63) is 0 Å². The van der Waals surface area contributed by atoms with Gasteiger partial charge in [0.15, 0.2) is 5.92 Å². The highest BCUT2D eigenvalue weighted by Gasteiger charge is 2.49. The van der Waals surface area contributed by atoms with Crippen molar-refractivity contribution < 1.29 is 24.9 Å². The lowest BCUT2D eigenvalue weighted by Gasteiger charge is -2.54. The van der Waals surface area contributed by atoms with Crippen LogP contribution in [-0.2, 0) is 9.59 Å². The highest BCUT2D eigenvalue weighted by atomic mass is 16.4. The maximum Gasteiger partial charge on any atom is 0.317 e. The molecule has 0 aromatic carbocycles. The Morgan fingerprint density at radius 3 is 1.57 bits per heavy atom. The van der Waals surface area contributed by atoms with E-state index in [2.05, 4.69) is 0 Å². The predicted octanol–water partition coefficient (Wildman–Crippen LogP) is 2.52. The van der Waals surface area contributed by atoms with Gasteiger partial charge in [0.1, 0.15) is 0 Å². The Morgan fingerprint density at radius 1 is 1.00 bits per heavy atom. The van der Waals surface area contributed by atoms with E-state index in [0.717, 1.165) is 37.0 Å². The molecule has 0 heterocycles. The van der Waals surface area contributed by atoms with E-state index >= 15 is 0 Å². The normalized spacial score (nSPS) is 36.2. The predicted molar refractivity (Wildman–Crippen MR) is 76.8 cm³/mol. The summed E-state index contributed by atoms with van der Waals surface area (Å²) in [5, 5.41) is 26.7. The van der Waals surface area contributed by atoms with Gasteiger partial charge in [0.2, 0.25) is 0 Å². The number of carboxylic acids is 2. The Bertz CT molecular complexity index is 354. The van der Waals surface area contributed by atoms with Crippen LogP contribution in [0.1, 0.15) is 58.3 Å². The summed E-state index contributed by atoms with van der Waals surface area (Å²) in [6.45, 7) is 1.75. The lowest BCUT2D eigenvalue weighted by atomic mass is 9.54. The first kappa shape index (κ1) is 16.3. The highest BCUT2D eigenvalue weighted by Crippen LogP contribution is 2.55. The summed E-state index contributed by atoms with van der Waals surface area (Å²) < 4.78 is 0. The molecule has 0 unspecified atom stereocenters. The number of hydrogen-bond acceptors (Lipinski definition) is 3. The number of rotatable bonds is 4. The summed E-state index contributed by atoms with van der Waals surface area (Å²) >= 11 is 0. The summed E-state index contributed by atoms with van der Waals surface area (Å²) in [7, 11) is 0. The van der Waals surface area contributed by atoms with E-state index in [0.29, 0.717) is 6.42 Å². The molecule has 21 heavy (non-hydrogen) atoms. The van der Waals surface area contributed by atoms with Crippen molar-refractivity contribution in [2.24, 2.45) is 23.7 Å². The first-order chi connectivity index (χ1) is 9.83. The second-order valence-electron chi connectivity index (χ2n) is 7.16. The van der Waals surface area contributed by atoms with E-state index in [9.17, 15) is 14.7 Å². The first-order valence-corrected chi connectivity index (χ1v) is 8.01. The third-order valence-electron chi connectivity index (χ3n) is 5.18. The molecule has 0 aliphatic heterocycles. The third-order valence-corrected chi connectivity index (χ3v) is 5.18. The Morgan fingerprint density at radius 2 is 1.38 bits per heavy atom. The minimum atomic E-state index is -1.26. The van der Waals surface area contributed by atoms with Crippen LogP contribution in [0.4, 0.5) is 0 Å². The van der Waals surface area contributed by atoms with Gasteiger partial charge in [0, 0.05) is 0 Å². The van der Waals surface area contributed by atoms with Gasteiger partial charge < -0.3 is 15.3 Å². The van der Waals surface area contributed by atoms with Crippen molar-refractivity contribution in [2.75, 3.05) is 0 Å². The average molecular weight is 298 g/mol. The van der Waals surface area contributed by atoms with E-state index in [1.165, 1.54) is 19.3 Å². The molecular formula is C16H26O5. The van der Waals surface area contributed by atoms with Crippen LogP contribution < -0.4 is 0 Å². The molecule has 0 saturated heterocycles. The molecule has 0 spiro atoms. The molecular weight excluding hydrogens is 272 g/mol. The topological polar surface area (TPSA) is 94.8 Å². The van der Waals surface area contributed by atoms with E-state index in [1.54, 1.807) is 6.92 Å². The maximum absolute atomic E-state index is 10.2. The maximum atomic E-state index is 10.2. The van der Waals surface area contributed by atoms with Gasteiger partial charge in [-0.2, -0.15) is 0 Å². The molecule has 4 fully saturated rings. The zero-order valence-corrected chi connectivity index (χ0v) is 12.6.